The van der Waals surface area contributed by atoms with E-state index in [1.165, 1.54) is 12.1 Å². The van der Waals surface area contributed by atoms with Gasteiger partial charge in [0.2, 0.25) is 0 Å². The summed E-state index contributed by atoms with van der Waals surface area (Å²) in [5.41, 5.74) is -0.219. The first-order chi connectivity index (χ1) is 17.6. The molecule has 0 radical (unpaired) electrons. The fourth-order valence-corrected chi connectivity index (χ4v) is 4.55. The van der Waals surface area contributed by atoms with Crippen molar-refractivity contribution >= 4 is 17.8 Å². The van der Waals surface area contributed by atoms with E-state index in [1.54, 1.807) is 24.3 Å². The molecule has 2 amide bonds. The molecule has 7 nitrogen and oxygen atoms in total. The second-order valence-electron chi connectivity index (χ2n) is 9.54. The highest BCUT2D eigenvalue weighted by molar-refractivity contribution is 5.95. The van der Waals surface area contributed by atoms with Gasteiger partial charge >= 0.3 is 12.1 Å². The van der Waals surface area contributed by atoms with E-state index in [2.05, 4.69) is 10.6 Å². The average molecular weight is 519 g/mol. The SMILES string of the molecule is O=C(NCCNC(=O)c1ccc(C2CC2)c(C(F)(F)F)c1)c1ccc(O[C@H]2CC[C@@H](C(=O)O)CC2)cc1. The van der Waals surface area contributed by atoms with E-state index in [0.29, 0.717) is 37.0 Å². The van der Waals surface area contributed by atoms with Crippen LogP contribution in [0.4, 0.5) is 13.2 Å². The van der Waals surface area contributed by atoms with Gasteiger partial charge in [-0.25, -0.2) is 0 Å². The van der Waals surface area contributed by atoms with Gasteiger partial charge in [-0.15, -0.1) is 0 Å². The number of halogens is 3. The third-order valence-electron chi connectivity index (χ3n) is 6.78. The van der Waals surface area contributed by atoms with Crippen LogP contribution in [0, 0.1) is 5.92 Å². The van der Waals surface area contributed by atoms with Crippen molar-refractivity contribution in [2.24, 2.45) is 5.92 Å². The highest BCUT2D eigenvalue weighted by Crippen LogP contribution is 2.46. The summed E-state index contributed by atoms with van der Waals surface area (Å²) in [7, 11) is 0. The van der Waals surface area contributed by atoms with Crippen LogP contribution >= 0.6 is 0 Å². The largest absolute Gasteiger partial charge is 0.490 e. The molecule has 10 heteroatoms. The Morgan fingerprint density at radius 1 is 0.838 bits per heavy atom. The van der Waals surface area contributed by atoms with E-state index in [0.717, 1.165) is 18.9 Å². The van der Waals surface area contributed by atoms with Crippen LogP contribution in [0.15, 0.2) is 42.5 Å². The van der Waals surface area contributed by atoms with Crippen LogP contribution in [0.1, 0.15) is 76.3 Å². The minimum atomic E-state index is -4.53. The standard InChI is InChI=1S/C27H29F3N2O5/c28-27(29,30)23-15-19(7-12-22(23)16-1-2-16)25(34)32-14-13-31-24(33)17-3-8-20(9-4-17)37-21-10-5-18(6-11-21)26(35)36/h3-4,7-9,12,15-16,18,21H,1-2,5-6,10-11,13-14H2,(H,31,33)(H,32,34)(H,35,36)/t18-,21+. The molecule has 0 heterocycles. The Bertz CT molecular complexity index is 1140. The Morgan fingerprint density at radius 2 is 1.41 bits per heavy atom. The van der Waals surface area contributed by atoms with Crippen LogP contribution < -0.4 is 15.4 Å². The predicted octanol–water partition coefficient (Wildman–Crippen LogP) is 4.76. The number of carbonyl (C=O) groups is 3. The number of hydrogen-bond donors (Lipinski definition) is 3. The molecule has 2 aliphatic rings. The van der Waals surface area contributed by atoms with Gasteiger partial charge < -0.3 is 20.5 Å². The van der Waals surface area contributed by atoms with Crippen LogP contribution in [-0.2, 0) is 11.0 Å². The molecule has 3 N–H and O–H groups in total. The number of carbonyl (C=O) groups excluding carboxylic acids is 2. The molecule has 2 aromatic carbocycles. The summed E-state index contributed by atoms with van der Waals surface area (Å²) >= 11 is 0. The third kappa shape index (κ3) is 7.02. The summed E-state index contributed by atoms with van der Waals surface area (Å²) in [6, 6.07) is 10.2. The Labute approximate surface area is 212 Å². The Kier molecular flexibility index (Phi) is 8.04. The van der Waals surface area contributed by atoms with Crippen molar-refractivity contribution < 1.29 is 37.4 Å². The lowest BCUT2D eigenvalue weighted by Gasteiger charge is -2.26. The summed E-state index contributed by atoms with van der Waals surface area (Å²) in [5.74, 6) is -1.60. The van der Waals surface area contributed by atoms with Gasteiger partial charge in [-0.05, 0) is 86.4 Å². The molecule has 2 aromatic rings. The van der Waals surface area contributed by atoms with Crippen molar-refractivity contribution in [3.63, 3.8) is 0 Å². The van der Waals surface area contributed by atoms with Crippen molar-refractivity contribution in [1.29, 1.82) is 0 Å². The van der Waals surface area contributed by atoms with E-state index in [4.69, 9.17) is 9.84 Å². The van der Waals surface area contributed by atoms with Crippen LogP contribution in [0.2, 0.25) is 0 Å². The first kappa shape index (κ1) is 26.5. The molecule has 0 bridgehead atoms. The summed E-state index contributed by atoms with van der Waals surface area (Å²) in [5, 5.41) is 14.3. The molecule has 0 atom stereocenters. The van der Waals surface area contributed by atoms with Crippen LogP contribution in [0.5, 0.6) is 5.75 Å². The molecule has 2 saturated carbocycles. The predicted molar refractivity (Wildman–Crippen MR) is 129 cm³/mol. The first-order valence-corrected chi connectivity index (χ1v) is 12.4. The molecule has 0 aliphatic heterocycles. The number of aliphatic carboxylic acids is 1. The van der Waals surface area contributed by atoms with Crippen molar-refractivity contribution in [3.8, 4) is 5.75 Å². The summed E-state index contributed by atoms with van der Waals surface area (Å²) in [4.78, 5) is 35.8. The van der Waals surface area contributed by atoms with Crippen molar-refractivity contribution in [1.82, 2.24) is 10.6 Å². The lowest BCUT2D eigenvalue weighted by atomic mass is 9.87. The molecule has 37 heavy (non-hydrogen) atoms. The van der Waals surface area contributed by atoms with Gasteiger partial charge in [0.05, 0.1) is 17.6 Å². The normalized spacial score (nSPS) is 19.6. The van der Waals surface area contributed by atoms with E-state index in [9.17, 15) is 27.6 Å². The highest BCUT2D eigenvalue weighted by atomic mass is 19.4. The van der Waals surface area contributed by atoms with Gasteiger partial charge in [0.25, 0.3) is 11.8 Å². The number of hydrogen-bond acceptors (Lipinski definition) is 4. The van der Waals surface area contributed by atoms with Gasteiger partial charge in [-0.1, -0.05) is 6.07 Å². The fourth-order valence-electron chi connectivity index (χ4n) is 4.55. The average Bonchev–Trinajstić information content (AvgIpc) is 3.72. The monoisotopic (exact) mass is 518 g/mol. The number of ether oxygens (including phenoxy) is 1. The molecule has 2 aliphatic carbocycles. The number of benzene rings is 2. The topological polar surface area (TPSA) is 105 Å². The zero-order chi connectivity index (χ0) is 26.6. The molecule has 198 valence electrons. The minimum Gasteiger partial charge on any atom is -0.490 e. The van der Waals surface area contributed by atoms with Gasteiger partial charge in [0, 0.05) is 24.2 Å². The van der Waals surface area contributed by atoms with E-state index in [1.807, 2.05) is 0 Å². The highest BCUT2D eigenvalue weighted by Gasteiger charge is 2.38. The smallest absolute Gasteiger partial charge is 0.416 e. The second-order valence-corrected chi connectivity index (χ2v) is 9.54. The molecule has 0 spiro atoms. The number of alkyl halides is 3. The maximum atomic E-state index is 13.4. The molecule has 2 fully saturated rings. The van der Waals surface area contributed by atoms with E-state index in [-0.39, 0.29) is 48.1 Å². The number of carboxylic acid groups (broad SMARTS) is 1. The van der Waals surface area contributed by atoms with Crippen LogP contribution in [0.3, 0.4) is 0 Å². The Balaban J connectivity index is 1.21. The maximum absolute atomic E-state index is 13.4. The zero-order valence-electron chi connectivity index (χ0n) is 20.1. The lowest BCUT2D eigenvalue weighted by molar-refractivity contribution is -0.143. The van der Waals surface area contributed by atoms with Gasteiger partial charge in [0.1, 0.15) is 5.75 Å². The molecule has 4 rings (SSSR count). The molecular weight excluding hydrogens is 489 g/mol. The number of nitrogens with one attached hydrogen (secondary N) is 2. The number of rotatable bonds is 9. The molecule has 0 unspecified atom stereocenters. The van der Waals surface area contributed by atoms with Gasteiger partial charge in [-0.3, -0.25) is 14.4 Å². The molecule has 0 aromatic heterocycles. The number of carboxylic acids is 1. The summed E-state index contributed by atoms with van der Waals surface area (Å²) in [6.07, 6.45) is -0.670. The second kappa shape index (κ2) is 11.2. The first-order valence-electron chi connectivity index (χ1n) is 12.4. The lowest BCUT2D eigenvalue weighted by Crippen LogP contribution is -2.34. The van der Waals surface area contributed by atoms with E-state index >= 15 is 0 Å². The molecular formula is C27H29F3N2O5. The summed E-state index contributed by atoms with van der Waals surface area (Å²) in [6.45, 7) is 0.151. The van der Waals surface area contributed by atoms with Crippen LogP contribution in [-0.4, -0.2) is 42.1 Å². The Morgan fingerprint density at radius 3 is 1.95 bits per heavy atom. The van der Waals surface area contributed by atoms with E-state index < -0.39 is 23.6 Å². The quantitative estimate of drug-likeness (QED) is 0.415. The fraction of sp³-hybridized carbons (Fsp3) is 0.444. The minimum absolute atomic E-state index is 0.0521. The van der Waals surface area contributed by atoms with Gasteiger partial charge in [0.15, 0.2) is 0 Å². The maximum Gasteiger partial charge on any atom is 0.416 e. The van der Waals surface area contributed by atoms with Crippen molar-refractivity contribution in [2.45, 2.75) is 56.7 Å². The third-order valence-corrected chi connectivity index (χ3v) is 6.78. The van der Waals surface area contributed by atoms with Crippen molar-refractivity contribution in [3.05, 3.63) is 64.7 Å². The molecule has 0 saturated heterocycles. The van der Waals surface area contributed by atoms with Crippen LogP contribution in [0.25, 0.3) is 0 Å². The van der Waals surface area contributed by atoms with Gasteiger partial charge in [-0.2, -0.15) is 13.2 Å². The van der Waals surface area contributed by atoms with Crippen molar-refractivity contribution in [2.75, 3.05) is 13.1 Å². The summed E-state index contributed by atoms with van der Waals surface area (Å²) < 4.78 is 46.1. The number of amides is 2. The Hall–Kier alpha value is -3.56. The zero-order valence-corrected chi connectivity index (χ0v) is 20.1.